The number of methoxy groups -OCH3 is 2. The van der Waals surface area contributed by atoms with Crippen molar-refractivity contribution in [3.05, 3.63) is 104 Å². The van der Waals surface area contributed by atoms with Crippen molar-refractivity contribution in [1.82, 2.24) is 40.3 Å². The number of aliphatic hydroxyl groups is 2. The van der Waals surface area contributed by atoms with Crippen molar-refractivity contribution in [2.24, 2.45) is 11.8 Å². The monoisotopic (exact) mass is 1790 g/mol. The number of amides is 12. The second kappa shape index (κ2) is 38.5. The highest BCUT2D eigenvalue weighted by Crippen LogP contribution is 2.52. The number of hydrogen-bond donors (Lipinski definition) is 4. The SMILES string of the molecule is CO[C@@H]1/C=C/C=C(\C)Cc2cc(C)c(Cl)c(c2)N(C)C(=O)C[C@H](OC(=O)[C@H](C)N(C)C(=O)CCN2C(=O)CCN3C(=O)CC(SCSC4CC(=O)N(CCC(=O)N2CCC(=O)N(C)[C@@H](C)C(=O)O[C@H]2CC(=O)N(C)c5cc(cc(C)c5Cl)C/C(C)=C/C=C/[C@@H](OC)[C@@]5(O)CC(OC(=O)N5)[C@@H](C)[C@H]5O[C@]25C)C4=O)C3=O)[C@@]2(C)O[C@@H]2[C@H](C)C2C[C@@]1(O)NC(=O)O2. The lowest BCUT2D eigenvalue weighted by molar-refractivity contribution is -0.168. The second-order valence-corrected chi connectivity index (χ2v) is 37.2. The van der Waals surface area contributed by atoms with Gasteiger partial charge in [-0.1, -0.05) is 96.8 Å². The van der Waals surface area contributed by atoms with Crippen molar-refractivity contribution in [2.45, 2.75) is 240 Å². The molecule has 11 rings (SSSR count). The number of nitrogens with one attached hydrogen (secondary N) is 2. The van der Waals surface area contributed by atoms with Crippen molar-refractivity contribution in [3.63, 3.8) is 0 Å². The number of hydrogen-bond acceptors (Lipinski definition) is 26. The van der Waals surface area contributed by atoms with E-state index >= 15 is 9.59 Å². The Hall–Kier alpha value is -8.98. The van der Waals surface area contributed by atoms with E-state index in [4.69, 9.17) is 61.1 Å². The Morgan fingerprint density at radius 3 is 1.29 bits per heavy atom. The summed E-state index contributed by atoms with van der Waals surface area (Å²) >= 11 is 16.1. The van der Waals surface area contributed by atoms with Crippen molar-refractivity contribution >= 4 is 141 Å². The highest BCUT2D eigenvalue weighted by molar-refractivity contribution is 8.17. The number of aryl methyl sites for hydroxylation is 2. The molecule has 12 amide bonds. The molecule has 123 heavy (non-hydrogen) atoms. The third kappa shape index (κ3) is 20.8. The number of nitrogens with zero attached hydrogens (tertiary/aromatic N) is 8. The highest BCUT2D eigenvalue weighted by atomic mass is 35.5. The number of thioether (sulfide) groups is 2. The summed E-state index contributed by atoms with van der Waals surface area (Å²) in [6.07, 6.45) is -4.45. The molecule has 0 saturated carbocycles. The molecule has 9 aliphatic heterocycles. The zero-order valence-corrected chi connectivity index (χ0v) is 75.0. The maximum absolute atomic E-state index is 15.2. The van der Waals surface area contributed by atoms with E-state index in [1.54, 1.807) is 78.0 Å². The summed E-state index contributed by atoms with van der Waals surface area (Å²) in [6.45, 7) is 14.2. The van der Waals surface area contributed by atoms with Crippen molar-refractivity contribution in [1.29, 1.82) is 0 Å². The first-order valence-corrected chi connectivity index (χ1v) is 43.8. The minimum Gasteiger partial charge on any atom is -0.457 e. The molecule has 670 valence electrons. The fraction of sp³-hybridized carbons (Fsp3) is 0.600. The largest absolute Gasteiger partial charge is 0.457 e. The van der Waals surface area contributed by atoms with Gasteiger partial charge < -0.3 is 67.7 Å². The number of rotatable bonds is 14. The van der Waals surface area contributed by atoms with Gasteiger partial charge in [0.25, 0.3) is 0 Å². The summed E-state index contributed by atoms with van der Waals surface area (Å²) in [5.74, 6) is -10.9. The lowest BCUT2D eigenvalue weighted by Crippen LogP contribution is -2.63. The molecule has 7 saturated heterocycles. The van der Waals surface area contributed by atoms with Gasteiger partial charge in [0.05, 0.1) is 70.1 Å². The van der Waals surface area contributed by atoms with Gasteiger partial charge in [-0.15, -0.1) is 23.5 Å². The van der Waals surface area contributed by atoms with E-state index in [9.17, 15) is 67.7 Å². The molecule has 4 unspecified atom stereocenters. The van der Waals surface area contributed by atoms with Crippen LogP contribution in [0.4, 0.5) is 21.0 Å². The summed E-state index contributed by atoms with van der Waals surface area (Å²) in [7, 11) is 8.30. The van der Waals surface area contributed by atoms with E-state index in [1.165, 1.54) is 66.1 Å². The van der Waals surface area contributed by atoms with Crippen molar-refractivity contribution < 1.29 is 115 Å². The molecule has 0 spiro atoms. The van der Waals surface area contributed by atoms with Crippen LogP contribution in [-0.2, 0) is 108 Å². The summed E-state index contributed by atoms with van der Waals surface area (Å²) in [6, 6.07) is 4.28. The van der Waals surface area contributed by atoms with E-state index < -0.39 is 254 Å². The van der Waals surface area contributed by atoms with E-state index in [-0.39, 0.29) is 40.8 Å². The maximum Gasteiger partial charge on any atom is 0.409 e. The van der Waals surface area contributed by atoms with Gasteiger partial charge in [-0.2, -0.15) is 0 Å². The number of hydrazine groups is 1. The molecule has 7 fully saturated rings. The first-order valence-electron chi connectivity index (χ1n) is 40.9. The van der Waals surface area contributed by atoms with E-state index in [2.05, 4.69) is 10.6 Å². The molecule has 0 aliphatic carbocycles. The third-order valence-corrected chi connectivity index (χ3v) is 28.6. The number of fused-ring (bicyclic) bond motifs is 14. The fourth-order valence-corrected chi connectivity index (χ4v) is 20.1. The number of benzene rings is 2. The Kier molecular flexibility index (Phi) is 29.6. The van der Waals surface area contributed by atoms with Crippen LogP contribution < -0.4 is 20.4 Å². The molecule has 0 radical (unpaired) electrons. The van der Waals surface area contributed by atoms with Crippen LogP contribution in [0.25, 0.3) is 0 Å². The summed E-state index contributed by atoms with van der Waals surface area (Å²) < 4.78 is 48.5. The smallest absolute Gasteiger partial charge is 0.409 e. The Morgan fingerprint density at radius 2 is 0.935 bits per heavy atom. The van der Waals surface area contributed by atoms with Crippen molar-refractivity contribution in [2.75, 3.05) is 83.5 Å². The van der Waals surface area contributed by atoms with Gasteiger partial charge in [0.1, 0.15) is 59.9 Å². The first kappa shape index (κ1) is 94.7. The Morgan fingerprint density at radius 1 is 0.569 bits per heavy atom. The molecule has 4 N–H and O–H groups in total. The summed E-state index contributed by atoms with van der Waals surface area (Å²) in [5.41, 5.74) is -1.70. The average molecular weight is 1790 g/mol. The normalized spacial score (nSPS) is 32.7. The number of imide groups is 2. The third-order valence-electron chi connectivity index (χ3n) is 25.0. The lowest BCUT2D eigenvalue weighted by Gasteiger charge is -2.42. The quantitative estimate of drug-likeness (QED) is 0.0681. The lowest BCUT2D eigenvalue weighted by atomic mass is 9.83. The number of esters is 2. The van der Waals surface area contributed by atoms with Gasteiger partial charge in [-0.25, -0.2) is 19.2 Å². The van der Waals surface area contributed by atoms with Gasteiger partial charge >= 0.3 is 24.1 Å². The standard InChI is InChI=1S/C85H110Cl2N10O24S2/c1-44-19-17-21-60(114-15)84(112)41-56(116-80(110)88-84)48(5)74-82(9,120-74)62(39-68(102)92(13)54-35-52(31-44)33-46(3)72(54)86)118-78(108)50(7)90(11)64(98)25-29-96-66(100)23-27-94-70(104)37-58(76(94)106)122-43-123-59-38-71(105)95(77(59)107)28-24-67(101)97(96)30-26-65(99)91(12)51(8)79(109)119-63-40-69(103)93(14)55-36-53(34-47(4)73(55)87)32-45(2)20-18-22-61(115-16)85(113)42-57(117-81(111)89-85)49(6)75-83(63,10)121-75/h17-22,33-36,48-51,56-63,74-75,112-113H,23-32,37-43H2,1-16H3,(H,88,110)(H,89,111)/b21-17+,22-18+,44-19+,45-20+/t48-,49-,50+,51+,56?,57?,58?,59?,60-,61-,62+,63+,74-,75-,82-,83-,84+,85+/m1/s1. The minimum atomic E-state index is -1.99. The average Bonchev–Trinajstić information content (AvgIpc) is 1.57. The summed E-state index contributed by atoms with van der Waals surface area (Å²) in [4.78, 5) is 208. The molecule has 9 heterocycles. The van der Waals surface area contributed by atoms with Crippen LogP contribution in [0, 0.1) is 25.7 Å². The fourth-order valence-electron chi connectivity index (χ4n) is 16.9. The van der Waals surface area contributed by atoms with Crippen molar-refractivity contribution in [3.8, 4) is 0 Å². The van der Waals surface area contributed by atoms with Crippen LogP contribution in [0.5, 0.6) is 0 Å². The molecule has 9 aliphatic rings. The number of allylic oxidation sites excluding steroid dienone is 6. The number of halogens is 2. The van der Waals surface area contributed by atoms with E-state index in [0.717, 1.165) is 75.4 Å². The Labute approximate surface area is 732 Å². The number of epoxide rings is 2. The minimum absolute atomic E-state index is 0.134. The first-order chi connectivity index (χ1) is 57.8. The zero-order chi connectivity index (χ0) is 90.1. The predicted molar refractivity (Wildman–Crippen MR) is 450 cm³/mol. The molecular weight excluding hydrogens is 1680 g/mol. The second-order valence-electron chi connectivity index (χ2n) is 33.7. The van der Waals surface area contributed by atoms with Crippen LogP contribution in [-0.4, -0.2) is 291 Å². The topological polar surface area (TPSA) is 410 Å². The van der Waals surface area contributed by atoms with Gasteiger partial charge in [0.15, 0.2) is 11.4 Å². The number of anilines is 2. The van der Waals surface area contributed by atoms with Gasteiger partial charge in [-0.3, -0.25) is 78.4 Å². The van der Waals surface area contributed by atoms with E-state index in [0.29, 0.717) is 35.3 Å². The molecule has 12 bridgehead atoms. The number of likely N-dealkylation sites (N-methyl/N-ethyl adjacent to an activating group) is 2. The molecular formula is C85H110Cl2N10O24S2. The van der Waals surface area contributed by atoms with Crippen LogP contribution >= 0.6 is 46.7 Å². The molecule has 38 heteroatoms. The molecule has 2 aromatic rings. The van der Waals surface area contributed by atoms with Gasteiger partial charge in [0.2, 0.25) is 59.1 Å². The Balaban J connectivity index is 0.854. The number of carbonyl (C=O) groups excluding carboxylic acids is 14. The number of alkyl carbamates (subject to hydrolysis) is 2. The number of carbonyl (C=O) groups is 14. The maximum atomic E-state index is 15.2. The summed E-state index contributed by atoms with van der Waals surface area (Å²) in [5, 5.41) is 29.8. The zero-order valence-electron chi connectivity index (χ0n) is 71.9. The molecule has 18 atom stereocenters. The Bertz CT molecular complexity index is 4400. The molecule has 2 aromatic carbocycles. The molecule has 34 nitrogen and oxygen atoms in total. The molecule has 0 aromatic heterocycles. The van der Waals surface area contributed by atoms with Gasteiger partial charge in [-0.05, 0) is 103 Å². The van der Waals surface area contributed by atoms with E-state index in [1.807, 2.05) is 38.1 Å². The highest BCUT2D eigenvalue weighted by Gasteiger charge is 2.67. The van der Waals surface area contributed by atoms with Gasteiger partial charge in [0, 0.05) is 124 Å². The predicted octanol–water partition coefficient (Wildman–Crippen LogP) is 6.47. The van der Waals surface area contributed by atoms with Crippen LogP contribution in [0.3, 0.4) is 0 Å². The van der Waals surface area contributed by atoms with Crippen LogP contribution in [0.2, 0.25) is 10.0 Å². The van der Waals surface area contributed by atoms with Crippen LogP contribution in [0.1, 0.15) is 142 Å². The number of ether oxygens (including phenoxy) is 8. The van der Waals surface area contributed by atoms with Crippen LogP contribution in [0.15, 0.2) is 71.9 Å².